The molecule has 3 N–H and O–H groups in total. The molecular formula is C24H46O5. The minimum absolute atomic E-state index is 0.0839. The molecule has 0 aliphatic carbocycles. The second-order valence-electron chi connectivity index (χ2n) is 8.41. The number of aliphatic hydroxyl groups is 3. The molecule has 0 spiro atoms. The summed E-state index contributed by atoms with van der Waals surface area (Å²) in [6.07, 6.45) is 19.7. The predicted octanol–water partition coefficient (Wildman–Crippen LogP) is 4.52. The third-order valence-corrected chi connectivity index (χ3v) is 5.78. The summed E-state index contributed by atoms with van der Waals surface area (Å²) in [6.45, 7) is 2.50. The van der Waals surface area contributed by atoms with Gasteiger partial charge >= 0.3 is 0 Å². The standard InChI is InChI=1S/C24H46O5/c1-2-3-4-5-6-7-8-9-10-11-12-13-14-15-16-17-18-28-22(19-25)24-23(27)21(26)20-29-24/h16-17,21-27H,2-15,18-20H2,1H3/b17-16+/t21-,22+,23-,24-/m1/s1. The Morgan fingerprint density at radius 2 is 1.41 bits per heavy atom. The lowest BCUT2D eigenvalue weighted by Gasteiger charge is -2.23. The van der Waals surface area contributed by atoms with Gasteiger partial charge in [0.1, 0.15) is 24.4 Å². The highest BCUT2D eigenvalue weighted by molar-refractivity contribution is 4.89. The summed E-state index contributed by atoms with van der Waals surface area (Å²) in [5, 5.41) is 28.7. The Hall–Kier alpha value is -0.460. The monoisotopic (exact) mass is 414 g/mol. The Balaban J connectivity index is 1.87. The Labute approximate surface area is 178 Å². The first-order chi connectivity index (χ1) is 14.2. The number of ether oxygens (including phenoxy) is 2. The van der Waals surface area contributed by atoms with Gasteiger partial charge in [0.2, 0.25) is 0 Å². The van der Waals surface area contributed by atoms with Gasteiger partial charge in [0.05, 0.1) is 19.8 Å². The lowest BCUT2D eigenvalue weighted by Crippen LogP contribution is -2.42. The largest absolute Gasteiger partial charge is 0.394 e. The van der Waals surface area contributed by atoms with E-state index in [2.05, 4.69) is 13.0 Å². The highest BCUT2D eigenvalue weighted by atomic mass is 16.6. The van der Waals surface area contributed by atoms with Crippen molar-refractivity contribution in [2.24, 2.45) is 0 Å². The fourth-order valence-electron chi connectivity index (χ4n) is 3.85. The molecule has 1 rings (SSSR count). The highest BCUT2D eigenvalue weighted by Gasteiger charge is 2.40. The van der Waals surface area contributed by atoms with Crippen molar-refractivity contribution in [3.05, 3.63) is 12.2 Å². The van der Waals surface area contributed by atoms with E-state index in [9.17, 15) is 15.3 Å². The maximum Gasteiger partial charge on any atom is 0.114 e. The van der Waals surface area contributed by atoms with Gasteiger partial charge in [-0.2, -0.15) is 0 Å². The van der Waals surface area contributed by atoms with Crippen LogP contribution in [0.25, 0.3) is 0 Å². The number of hydrogen-bond donors (Lipinski definition) is 3. The first kappa shape index (κ1) is 26.6. The van der Waals surface area contributed by atoms with E-state index >= 15 is 0 Å². The zero-order valence-electron chi connectivity index (χ0n) is 18.6. The molecule has 0 aromatic heterocycles. The van der Waals surface area contributed by atoms with Crippen LogP contribution in [-0.2, 0) is 9.47 Å². The molecule has 1 aliphatic heterocycles. The fourth-order valence-corrected chi connectivity index (χ4v) is 3.85. The molecule has 0 amide bonds. The van der Waals surface area contributed by atoms with Gasteiger partial charge in [-0.25, -0.2) is 0 Å². The molecule has 0 saturated carbocycles. The van der Waals surface area contributed by atoms with Crippen molar-refractivity contribution in [2.45, 2.75) is 121 Å². The smallest absolute Gasteiger partial charge is 0.114 e. The van der Waals surface area contributed by atoms with Crippen molar-refractivity contribution in [1.29, 1.82) is 0 Å². The van der Waals surface area contributed by atoms with E-state index in [1.807, 2.05) is 6.08 Å². The summed E-state index contributed by atoms with van der Waals surface area (Å²) in [4.78, 5) is 0. The van der Waals surface area contributed by atoms with Gasteiger partial charge in [-0.05, 0) is 12.8 Å². The molecule has 5 nitrogen and oxygen atoms in total. The van der Waals surface area contributed by atoms with E-state index in [0.717, 1.165) is 6.42 Å². The third kappa shape index (κ3) is 12.7. The Kier molecular flexibility index (Phi) is 16.8. The van der Waals surface area contributed by atoms with Crippen LogP contribution in [0, 0.1) is 0 Å². The van der Waals surface area contributed by atoms with Crippen LogP contribution in [0.1, 0.15) is 96.8 Å². The molecule has 0 aromatic carbocycles. The van der Waals surface area contributed by atoms with Crippen LogP contribution < -0.4 is 0 Å². The molecule has 5 heteroatoms. The maximum atomic E-state index is 9.82. The Morgan fingerprint density at radius 1 is 0.862 bits per heavy atom. The van der Waals surface area contributed by atoms with Crippen LogP contribution in [0.15, 0.2) is 12.2 Å². The molecule has 1 saturated heterocycles. The zero-order chi connectivity index (χ0) is 21.2. The zero-order valence-corrected chi connectivity index (χ0v) is 18.6. The molecular weight excluding hydrogens is 368 g/mol. The summed E-state index contributed by atoms with van der Waals surface area (Å²) in [5.41, 5.74) is 0. The topological polar surface area (TPSA) is 79.2 Å². The number of unbranched alkanes of at least 4 members (excludes halogenated alkanes) is 13. The summed E-state index contributed by atoms with van der Waals surface area (Å²) < 4.78 is 10.9. The second kappa shape index (κ2) is 18.3. The average Bonchev–Trinajstić information content (AvgIpc) is 3.06. The highest BCUT2D eigenvalue weighted by Crippen LogP contribution is 2.19. The average molecular weight is 415 g/mol. The van der Waals surface area contributed by atoms with E-state index in [1.165, 1.54) is 83.5 Å². The van der Waals surface area contributed by atoms with Crippen LogP contribution in [0.2, 0.25) is 0 Å². The summed E-state index contributed by atoms with van der Waals surface area (Å²) >= 11 is 0. The van der Waals surface area contributed by atoms with Crippen molar-refractivity contribution in [3.63, 3.8) is 0 Å². The predicted molar refractivity (Wildman–Crippen MR) is 118 cm³/mol. The molecule has 0 bridgehead atoms. The third-order valence-electron chi connectivity index (χ3n) is 5.78. The maximum absolute atomic E-state index is 9.82. The van der Waals surface area contributed by atoms with E-state index in [-0.39, 0.29) is 13.2 Å². The molecule has 4 atom stereocenters. The molecule has 1 heterocycles. The summed E-state index contributed by atoms with van der Waals surface area (Å²) in [7, 11) is 0. The van der Waals surface area contributed by atoms with E-state index in [0.29, 0.717) is 6.61 Å². The van der Waals surface area contributed by atoms with Gasteiger partial charge in [0, 0.05) is 0 Å². The summed E-state index contributed by atoms with van der Waals surface area (Å²) in [6, 6.07) is 0. The quantitative estimate of drug-likeness (QED) is 0.214. The van der Waals surface area contributed by atoms with Crippen LogP contribution in [0.4, 0.5) is 0 Å². The van der Waals surface area contributed by atoms with Gasteiger partial charge in [-0.3, -0.25) is 0 Å². The number of rotatable bonds is 19. The van der Waals surface area contributed by atoms with Crippen molar-refractivity contribution in [2.75, 3.05) is 19.8 Å². The molecule has 0 unspecified atom stereocenters. The SMILES string of the molecule is CCCCCCCCCCCCCCC/C=C/CO[C@@H](CO)[C@H]1OC[C@@H](O)[C@H]1O. The molecule has 1 aliphatic rings. The van der Waals surface area contributed by atoms with Gasteiger partial charge < -0.3 is 24.8 Å². The molecule has 0 aromatic rings. The van der Waals surface area contributed by atoms with Crippen molar-refractivity contribution in [1.82, 2.24) is 0 Å². The van der Waals surface area contributed by atoms with E-state index in [1.54, 1.807) is 0 Å². The lowest BCUT2D eigenvalue weighted by atomic mass is 10.0. The van der Waals surface area contributed by atoms with Crippen LogP contribution in [-0.4, -0.2) is 59.6 Å². The van der Waals surface area contributed by atoms with Gasteiger partial charge in [0.15, 0.2) is 0 Å². The first-order valence-electron chi connectivity index (χ1n) is 12.1. The molecule has 172 valence electrons. The molecule has 1 fully saturated rings. The van der Waals surface area contributed by atoms with Gasteiger partial charge in [0.25, 0.3) is 0 Å². The Bertz CT molecular complexity index is 387. The van der Waals surface area contributed by atoms with Crippen LogP contribution >= 0.6 is 0 Å². The number of allylic oxidation sites excluding steroid dienone is 1. The Morgan fingerprint density at radius 3 is 1.90 bits per heavy atom. The van der Waals surface area contributed by atoms with Crippen molar-refractivity contribution in [3.8, 4) is 0 Å². The second-order valence-corrected chi connectivity index (χ2v) is 8.41. The van der Waals surface area contributed by atoms with Crippen LogP contribution in [0.5, 0.6) is 0 Å². The van der Waals surface area contributed by atoms with Crippen molar-refractivity contribution >= 4 is 0 Å². The number of hydrogen-bond acceptors (Lipinski definition) is 5. The van der Waals surface area contributed by atoms with Crippen LogP contribution in [0.3, 0.4) is 0 Å². The normalized spacial score (nSPS) is 23.2. The van der Waals surface area contributed by atoms with Gasteiger partial charge in [-0.15, -0.1) is 0 Å². The summed E-state index contributed by atoms with van der Waals surface area (Å²) in [5.74, 6) is 0. The lowest BCUT2D eigenvalue weighted by molar-refractivity contribution is -0.0942. The minimum atomic E-state index is -0.998. The first-order valence-corrected chi connectivity index (χ1v) is 12.1. The number of aliphatic hydroxyl groups excluding tert-OH is 3. The van der Waals surface area contributed by atoms with E-state index in [4.69, 9.17) is 9.47 Å². The van der Waals surface area contributed by atoms with Gasteiger partial charge in [-0.1, -0.05) is 96.1 Å². The fraction of sp³-hybridized carbons (Fsp3) is 0.917. The van der Waals surface area contributed by atoms with E-state index < -0.39 is 24.4 Å². The minimum Gasteiger partial charge on any atom is -0.394 e. The molecule has 0 radical (unpaired) electrons. The molecule has 29 heavy (non-hydrogen) atoms. The van der Waals surface area contributed by atoms with Crippen molar-refractivity contribution < 1.29 is 24.8 Å².